The topological polar surface area (TPSA) is 41.6 Å². The monoisotopic (exact) mass is 432 g/mol. The van der Waals surface area contributed by atoms with Crippen LogP contribution in [0.25, 0.3) is 0 Å². The van der Waals surface area contributed by atoms with E-state index in [1.165, 1.54) is 0 Å². The third-order valence-electron chi connectivity index (χ3n) is 3.46. The minimum absolute atomic E-state index is 0.167. The highest BCUT2D eigenvalue weighted by atomic mass is 79.9. The molecular weight excluding hydrogens is 412 g/mol. The lowest BCUT2D eigenvalue weighted by atomic mass is 10.2. The number of rotatable bonds is 3. The van der Waals surface area contributed by atoms with Crippen LogP contribution in [0.3, 0.4) is 0 Å². The SMILES string of the molecule is CC(C)(C)OC(=O)N1CCCC1CNc1cc(Br)ccc1Br. The molecule has 0 spiro atoms. The van der Waals surface area contributed by atoms with E-state index in [1.54, 1.807) is 0 Å². The minimum Gasteiger partial charge on any atom is -0.444 e. The van der Waals surface area contributed by atoms with Gasteiger partial charge in [0.1, 0.15) is 5.60 Å². The molecule has 1 atom stereocenters. The molecule has 1 aromatic rings. The van der Waals surface area contributed by atoms with E-state index < -0.39 is 5.60 Å². The minimum atomic E-state index is -0.453. The number of benzene rings is 1. The zero-order valence-electron chi connectivity index (χ0n) is 13.2. The highest BCUT2D eigenvalue weighted by molar-refractivity contribution is 9.11. The number of hydrogen-bond acceptors (Lipinski definition) is 3. The van der Waals surface area contributed by atoms with Crippen molar-refractivity contribution in [1.29, 1.82) is 0 Å². The Hall–Kier alpha value is -0.750. The van der Waals surface area contributed by atoms with Gasteiger partial charge in [-0.25, -0.2) is 4.79 Å². The second kappa shape index (κ2) is 7.21. The predicted molar refractivity (Wildman–Crippen MR) is 96.3 cm³/mol. The molecule has 0 aliphatic carbocycles. The van der Waals surface area contributed by atoms with Crippen LogP contribution in [0.4, 0.5) is 10.5 Å². The van der Waals surface area contributed by atoms with Gasteiger partial charge in [-0.15, -0.1) is 0 Å². The summed E-state index contributed by atoms with van der Waals surface area (Å²) in [5, 5.41) is 3.42. The van der Waals surface area contributed by atoms with E-state index in [9.17, 15) is 4.79 Å². The van der Waals surface area contributed by atoms with E-state index in [2.05, 4.69) is 37.2 Å². The molecule has 122 valence electrons. The Morgan fingerprint density at radius 2 is 2.14 bits per heavy atom. The predicted octanol–water partition coefficient (Wildman–Crippen LogP) is 5.02. The quantitative estimate of drug-likeness (QED) is 0.727. The Bertz CT molecular complexity index is 543. The lowest BCUT2D eigenvalue weighted by molar-refractivity contribution is 0.0235. The Labute approximate surface area is 148 Å². The fraction of sp³-hybridized carbons (Fsp3) is 0.562. The van der Waals surface area contributed by atoms with Gasteiger partial charge < -0.3 is 15.0 Å². The van der Waals surface area contributed by atoms with E-state index in [-0.39, 0.29) is 12.1 Å². The number of hydrogen-bond donors (Lipinski definition) is 1. The van der Waals surface area contributed by atoms with Crippen LogP contribution in [0.2, 0.25) is 0 Å². The molecule has 2 rings (SSSR count). The van der Waals surface area contributed by atoms with Gasteiger partial charge in [0.2, 0.25) is 0 Å². The van der Waals surface area contributed by atoms with Gasteiger partial charge in [-0.1, -0.05) is 15.9 Å². The molecule has 1 unspecified atom stereocenters. The summed E-state index contributed by atoms with van der Waals surface area (Å²) in [6.45, 7) is 7.17. The molecule has 1 aromatic carbocycles. The van der Waals surface area contributed by atoms with Gasteiger partial charge in [0.15, 0.2) is 0 Å². The third kappa shape index (κ3) is 4.88. The maximum Gasteiger partial charge on any atom is 0.410 e. The van der Waals surface area contributed by atoms with Crippen molar-refractivity contribution >= 4 is 43.6 Å². The van der Waals surface area contributed by atoms with Crippen LogP contribution in [0, 0.1) is 0 Å². The molecule has 1 N–H and O–H groups in total. The number of nitrogens with one attached hydrogen (secondary N) is 1. The number of ether oxygens (including phenoxy) is 1. The average molecular weight is 434 g/mol. The standard InChI is InChI=1S/C16H22Br2N2O2/c1-16(2,3)22-15(21)20-8-4-5-12(20)10-19-14-9-11(17)6-7-13(14)18/h6-7,9,12,19H,4-5,8,10H2,1-3H3. The fourth-order valence-electron chi connectivity index (χ4n) is 2.47. The summed E-state index contributed by atoms with van der Waals surface area (Å²) in [7, 11) is 0. The van der Waals surface area contributed by atoms with Crippen molar-refractivity contribution < 1.29 is 9.53 Å². The molecule has 1 aliphatic heterocycles. The Morgan fingerprint density at radius 1 is 1.41 bits per heavy atom. The van der Waals surface area contributed by atoms with Crippen LogP contribution in [0.5, 0.6) is 0 Å². The van der Waals surface area contributed by atoms with Crippen LogP contribution < -0.4 is 5.32 Å². The first-order chi connectivity index (χ1) is 10.3. The van der Waals surface area contributed by atoms with Gasteiger partial charge in [0.25, 0.3) is 0 Å². The summed E-state index contributed by atoms with van der Waals surface area (Å²) in [6.07, 6.45) is 1.80. The average Bonchev–Trinajstić information content (AvgIpc) is 2.86. The van der Waals surface area contributed by atoms with E-state index in [1.807, 2.05) is 43.9 Å². The molecule has 0 bridgehead atoms. The molecule has 0 radical (unpaired) electrons. The van der Waals surface area contributed by atoms with Crippen LogP contribution in [0.15, 0.2) is 27.1 Å². The number of amides is 1. The van der Waals surface area contributed by atoms with E-state index in [4.69, 9.17) is 4.74 Å². The van der Waals surface area contributed by atoms with Crippen molar-refractivity contribution in [1.82, 2.24) is 4.90 Å². The molecular formula is C16H22Br2N2O2. The first kappa shape index (κ1) is 17.6. The number of halogens is 2. The van der Waals surface area contributed by atoms with Crippen molar-refractivity contribution in [3.63, 3.8) is 0 Å². The normalized spacial score (nSPS) is 18.4. The van der Waals surface area contributed by atoms with Gasteiger partial charge in [0.05, 0.1) is 6.04 Å². The van der Waals surface area contributed by atoms with E-state index in [0.29, 0.717) is 6.54 Å². The number of nitrogens with zero attached hydrogens (tertiary/aromatic N) is 1. The smallest absolute Gasteiger partial charge is 0.410 e. The zero-order valence-corrected chi connectivity index (χ0v) is 16.3. The summed E-state index contributed by atoms with van der Waals surface area (Å²) in [5.74, 6) is 0. The molecule has 4 nitrogen and oxygen atoms in total. The summed E-state index contributed by atoms with van der Waals surface area (Å²) in [6, 6.07) is 6.17. The molecule has 1 heterocycles. The van der Waals surface area contributed by atoms with Crippen LogP contribution in [0.1, 0.15) is 33.6 Å². The third-order valence-corrected chi connectivity index (χ3v) is 4.65. The summed E-state index contributed by atoms with van der Waals surface area (Å²) in [5.41, 5.74) is 0.566. The Morgan fingerprint density at radius 3 is 2.82 bits per heavy atom. The summed E-state index contributed by atoms with van der Waals surface area (Å²) in [4.78, 5) is 14.1. The molecule has 1 fully saturated rings. The molecule has 1 aliphatic rings. The van der Waals surface area contributed by atoms with Crippen LogP contribution in [-0.2, 0) is 4.74 Å². The van der Waals surface area contributed by atoms with E-state index in [0.717, 1.165) is 34.0 Å². The van der Waals surface area contributed by atoms with Crippen LogP contribution in [-0.4, -0.2) is 35.7 Å². The molecule has 1 amide bonds. The van der Waals surface area contributed by atoms with E-state index >= 15 is 0 Å². The number of carbonyl (C=O) groups excluding carboxylic acids is 1. The van der Waals surface area contributed by atoms with Crippen LogP contribution >= 0.6 is 31.9 Å². The Kier molecular flexibility index (Phi) is 5.77. The second-order valence-electron chi connectivity index (χ2n) is 6.47. The largest absolute Gasteiger partial charge is 0.444 e. The van der Waals surface area contributed by atoms with Crippen molar-refractivity contribution in [2.24, 2.45) is 0 Å². The first-order valence-corrected chi connectivity index (χ1v) is 9.03. The van der Waals surface area contributed by atoms with Crippen molar-refractivity contribution in [2.75, 3.05) is 18.4 Å². The Balaban J connectivity index is 1.97. The van der Waals surface area contributed by atoms with Gasteiger partial charge in [0, 0.05) is 27.7 Å². The molecule has 0 saturated carbocycles. The lowest BCUT2D eigenvalue weighted by Gasteiger charge is -2.29. The number of likely N-dealkylation sites (tertiary alicyclic amines) is 1. The second-order valence-corrected chi connectivity index (χ2v) is 8.24. The highest BCUT2D eigenvalue weighted by Crippen LogP contribution is 2.27. The molecule has 6 heteroatoms. The first-order valence-electron chi connectivity index (χ1n) is 7.45. The van der Waals surface area contributed by atoms with Crippen molar-refractivity contribution in [2.45, 2.75) is 45.3 Å². The molecule has 22 heavy (non-hydrogen) atoms. The zero-order chi connectivity index (χ0) is 16.3. The maximum atomic E-state index is 12.3. The van der Waals surface area contributed by atoms with Gasteiger partial charge in [-0.2, -0.15) is 0 Å². The number of anilines is 1. The lowest BCUT2D eigenvalue weighted by Crippen LogP contribution is -2.42. The number of carbonyl (C=O) groups is 1. The van der Waals surface area contributed by atoms with Gasteiger partial charge >= 0.3 is 6.09 Å². The molecule has 1 saturated heterocycles. The van der Waals surface area contributed by atoms with Gasteiger partial charge in [-0.3, -0.25) is 0 Å². The fourth-order valence-corrected chi connectivity index (χ4v) is 3.22. The summed E-state index contributed by atoms with van der Waals surface area (Å²) < 4.78 is 7.52. The maximum absolute atomic E-state index is 12.3. The van der Waals surface area contributed by atoms with Crippen molar-refractivity contribution in [3.8, 4) is 0 Å². The summed E-state index contributed by atoms with van der Waals surface area (Å²) >= 11 is 7.01. The molecule has 0 aromatic heterocycles. The van der Waals surface area contributed by atoms with Crippen molar-refractivity contribution in [3.05, 3.63) is 27.1 Å². The van der Waals surface area contributed by atoms with Gasteiger partial charge in [-0.05, 0) is 67.7 Å². The highest BCUT2D eigenvalue weighted by Gasteiger charge is 2.31.